The van der Waals surface area contributed by atoms with Crippen LogP contribution in [0.4, 0.5) is 0 Å². The average Bonchev–Trinajstić information content (AvgIpc) is 2.95. The Morgan fingerprint density at radius 2 is 1.55 bits per heavy atom. The summed E-state index contributed by atoms with van der Waals surface area (Å²) in [5.41, 5.74) is 3.09. The van der Waals surface area contributed by atoms with Gasteiger partial charge in [-0.25, -0.2) is 0 Å². The Morgan fingerprint density at radius 1 is 0.842 bits per heavy atom. The number of carbonyl (C=O) groups is 2. The molecular weight excluding hydrogens is 492 g/mol. The van der Waals surface area contributed by atoms with Gasteiger partial charge in [-0.2, -0.15) is 0 Å². The monoisotopic (exact) mass is 526 g/mol. The number of rotatable bonds is 12. The Balaban J connectivity index is 1.62. The quantitative estimate of drug-likeness (QED) is 0.202. The summed E-state index contributed by atoms with van der Waals surface area (Å²) in [5.74, 6) is -0.158. The zero-order valence-corrected chi connectivity index (χ0v) is 22.7. The number of nitrogens with zero attached hydrogens (tertiary/aromatic N) is 1. The molecule has 0 aliphatic carbocycles. The van der Waals surface area contributed by atoms with Crippen molar-refractivity contribution in [2.45, 2.75) is 51.6 Å². The highest BCUT2D eigenvalue weighted by Crippen LogP contribution is 2.22. The third kappa shape index (κ3) is 7.45. The van der Waals surface area contributed by atoms with Crippen molar-refractivity contribution in [3.8, 4) is 0 Å². The lowest BCUT2D eigenvalue weighted by molar-refractivity contribution is -0.141. The fourth-order valence-electron chi connectivity index (χ4n) is 4.74. The molecule has 0 aliphatic heterocycles. The first-order valence-corrected chi connectivity index (χ1v) is 13.7. The van der Waals surface area contributed by atoms with Gasteiger partial charge in [-0.1, -0.05) is 110 Å². The SMILES string of the molecule is CCCCNC(=O)[C@H](Cc1ccccc1)N(Cc1ccc(Cl)cc1)C(=O)CCc1cccc2ccccc12. The Morgan fingerprint density at radius 3 is 2.32 bits per heavy atom. The van der Waals surface area contributed by atoms with Crippen LogP contribution in [0, 0.1) is 0 Å². The third-order valence-electron chi connectivity index (χ3n) is 6.85. The number of nitrogens with one attached hydrogen (secondary N) is 1. The highest BCUT2D eigenvalue weighted by atomic mass is 35.5. The molecule has 4 nitrogen and oxygen atoms in total. The minimum atomic E-state index is -0.620. The molecule has 0 spiro atoms. The number of hydrogen-bond donors (Lipinski definition) is 1. The van der Waals surface area contributed by atoms with Crippen LogP contribution in [0.3, 0.4) is 0 Å². The van der Waals surface area contributed by atoms with Crippen molar-refractivity contribution in [3.05, 3.63) is 119 Å². The van der Waals surface area contributed by atoms with Crippen LogP contribution in [0.25, 0.3) is 10.8 Å². The van der Waals surface area contributed by atoms with Crippen molar-refractivity contribution < 1.29 is 9.59 Å². The number of unbranched alkanes of at least 4 members (excludes halogenated alkanes) is 1. The maximum absolute atomic E-state index is 13.9. The van der Waals surface area contributed by atoms with Crippen molar-refractivity contribution >= 4 is 34.2 Å². The van der Waals surface area contributed by atoms with E-state index in [1.807, 2.05) is 72.8 Å². The molecule has 0 aliphatic rings. The van der Waals surface area contributed by atoms with Crippen molar-refractivity contribution in [1.82, 2.24) is 10.2 Å². The van der Waals surface area contributed by atoms with E-state index in [1.54, 1.807) is 4.90 Å². The van der Waals surface area contributed by atoms with Crippen LogP contribution in [0.15, 0.2) is 97.1 Å². The molecule has 4 aromatic rings. The zero-order valence-electron chi connectivity index (χ0n) is 21.9. The van der Waals surface area contributed by atoms with Crippen molar-refractivity contribution in [2.24, 2.45) is 0 Å². The van der Waals surface area contributed by atoms with Gasteiger partial charge in [-0.3, -0.25) is 9.59 Å². The molecule has 0 fully saturated rings. The fraction of sp³-hybridized carbons (Fsp3) is 0.273. The van der Waals surface area contributed by atoms with Crippen LogP contribution in [-0.2, 0) is 29.0 Å². The van der Waals surface area contributed by atoms with Gasteiger partial charge in [0.2, 0.25) is 11.8 Å². The van der Waals surface area contributed by atoms with Crippen LogP contribution >= 0.6 is 11.6 Å². The first-order chi connectivity index (χ1) is 18.5. The number of amides is 2. The summed E-state index contributed by atoms with van der Waals surface area (Å²) in [6, 6.07) is 31.2. The summed E-state index contributed by atoms with van der Waals surface area (Å²) >= 11 is 6.12. The largest absolute Gasteiger partial charge is 0.354 e. The smallest absolute Gasteiger partial charge is 0.243 e. The van der Waals surface area contributed by atoms with Gasteiger partial charge in [-0.15, -0.1) is 0 Å². The van der Waals surface area contributed by atoms with Crippen LogP contribution in [0.1, 0.15) is 42.9 Å². The van der Waals surface area contributed by atoms with Crippen LogP contribution in [0.5, 0.6) is 0 Å². The second-order valence-corrected chi connectivity index (χ2v) is 10.1. The average molecular weight is 527 g/mol. The third-order valence-corrected chi connectivity index (χ3v) is 7.11. The maximum atomic E-state index is 13.9. The molecule has 0 radical (unpaired) electrons. The molecule has 4 rings (SSSR count). The zero-order chi connectivity index (χ0) is 26.7. The summed E-state index contributed by atoms with van der Waals surface area (Å²) < 4.78 is 0. The van der Waals surface area contributed by atoms with E-state index in [0.717, 1.165) is 40.3 Å². The lowest BCUT2D eigenvalue weighted by Crippen LogP contribution is -2.50. The van der Waals surface area contributed by atoms with E-state index in [4.69, 9.17) is 11.6 Å². The number of carbonyl (C=O) groups excluding carboxylic acids is 2. The Hall–Kier alpha value is -3.63. The molecule has 38 heavy (non-hydrogen) atoms. The standard InChI is InChI=1S/C33H35ClN2O2/c1-2-3-22-35-33(38)31(23-25-10-5-4-6-11-25)36(24-26-16-19-29(34)20-17-26)32(37)21-18-28-14-9-13-27-12-7-8-15-30(27)28/h4-17,19-20,31H,2-3,18,21-24H2,1H3,(H,35,38)/t31-/m0/s1. The van der Waals surface area contributed by atoms with Gasteiger partial charge in [0.05, 0.1) is 0 Å². The summed E-state index contributed by atoms with van der Waals surface area (Å²) in [7, 11) is 0. The van der Waals surface area contributed by atoms with E-state index in [-0.39, 0.29) is 11.8 Å². The van der Waals surface area contributed by atoms with E-state index >= 15 is 0 Å². The van der Waals surface area contributed by atoms with Gasteiger partial charge in [0.1, 0.15) is 6.04 Å². The Bertz CT molecular complexity index is 1330. The van der Waals surface area contributed by atoms with E-state index in [9.17, 15) is 9.59 Å². The highest BCUT2D eigenvalue weighted by molar-refractivity contribution is 6.30. The van der Waals surface area contributed by atoms with Crippen LogP contribution < -0.4 is 5.32 Å². The molecule has 1 atom stereocenters. The normalized spacial score (nSPS) is 11.7. The van der Waals surface area contributed by atoms with Gasteiger partial charge < -0.3 is 10.2 Å². The molecule has 0 saturated heterocycles. The highest BCUT2D eigenvalue weighted by Gasteiger charge is 2.30. The first-order valence-electron chi connectivity index (χ1n) is 13.4. The summed E-state index contributed by atoms with van der Waals surface area (Å²) in [4.78, 5) is 29.2. The predicted octanol–water partition coefficient (Wildman–Crippen LogP) is 6.98. The molecule has 1 N–H and O–H groups in total. The number of aryl methyl sites for hydroxylation is 1. The van der Waals surface area contributed by atoms with Gasteiger partial charge in [0, 0.05) is 31.0 Å². The second-order valence-electron chi connectivity index (χ2n) is 9.64. The number of halogens is 1. The number of fused-ring (bicyclic) bond motifs is 1. The molecule has 0 bridgehead atoms. The van der Waals surface area contributed by atoms with Gasteiger partial charge >= 0.3 is 0 Å². The molecule has 0 heterocycles. The van der Waals surface area contributed by atoms with E-state index in [2.05, 4.69) is 36.5 Å². The molecule has 4 aromatic carbocycles. The first kappa shape index (κ1) is 27.4. The lowest BCUT2D eigenvalue weighted by atomic mass is 9.99. The van der Waals surface area contributed by atoms with Crippen molar-refractivity contribution in [3.63, 3.8) is 0 Å². The van der Waals surface area contributed by atoms with Gasteiger partial charge in [-0.05, 0) is 52.4 Å². The number of benzene rings is 4. The summed E-state index contributed by atoms with van der Waals surface area (Å²) in [6.07, 6.45) is 3.26. The molecule has 196 valence electrons. The lowest BCUT2D eigenvalue weighted by Gasteiger charge is -2.32. The van der Waals surface area contributed by atoms with E-state index < -0.39 is 6.04 Å². The number of hydrogen-bond acceptors (Lipinski definition) is 2. The molecular formula is C33H35ClN2O2. The Kier molecular flexibility index (Phi) is 9.94. The second kappa shape index (κ2) is 13.8. The maximum Gasteiger partial charge on any atom is 0.243 e. The topological polar surface area (TPSA) is 49.4 Å². The molecule has 0 aromatic heterocycles. The van der Waals surface area contributed by atoms with Crippen LogP contribution in [0.2, 0.25) is 5.02 Å². The molecule has 5 heteroatoms. The van der Waals surface area contributed by atoms with Gasteiger partial charge in [0.15, 0.2) is 0 Å². The molecule has 2 amide bonds. The van der Waals surface area contributed by atoms with Crippen molar-refractivity contribution in [2.75, 3.05) is 6.54 Å². The molecule has 0 unspecified atom stereocenters. The fourth-order valence-corrected chi connectivity index (χ4v) is 4.87. The van der Waals surface area contributed by atoms with Gasteiger partial charge in [0.25, 0.3) is 0 Å². The Labute approximate surface area is 230 Å². The van der Waals surface area contributed by atoms with Crippen LogP contribution in [-0.4, -0.2) is 29.3 Å². The van der Waals surface area contributed by atoms with Crippen molar-refractivity contribution in [1.29, 1.82) is 0 Å². The van der Waals surface area contributed by atoms with E-state index in [1.165, 1.54) is 0 Å². The van der Waals surface area contributed by atoms with E-state index in [0.29, 0.717) is 37.4 Å². The summed E-state index contributed by atoms with van der Waals surface area (Å²) in [5, 5.41) is 6.04. The predicted molar refractivity (Wildman–Crippen MR) is 156 cm³/mol. The molecule has 0 saturated carbocycles. The minimum Gasteiger partial charge on any atom is -0.354 e. The summed E-state index contributed by atoms with van der Waals surface area (Å²) in [6.45, 7) is 3.03. The minimum absolute atomic E-state index is 0.0422.